The minimum Gasteiger partial charge on any atom is -0.481 e. The van der Waals surface area contributed by atoms with Gasteiger partial charge in [-0.2, -0.15) is 0 Å². The summed E-state index contributed by atoms with van der Waals surface area (Å²) in [5.74, 6) is -1.20. The quantitative estimate of drug-likeness (QED) is 0.851. The molecule has 0 aromatic heterocycles. The molecule has 0 saturated carbocycles. The normalized spacial score (nSPS) is 10.2. The molecule has 0 aliphatic heterocycles. The average molecular weight is 309 g/mol. The van der Waals surface area contributed by atoms with Gasteiger partial charge in [-0.1, -0.05) is 29.8 Å². The topological polar surface area (TPSA) is 64.3 Å². The molecule has 21 heavy (non-hydrogen) atoms. The van der Waals surface area contributed by atoms with E-state index in [1.54, 1.807) is 12.1 Å². The van der Waals surface area contributed by atoms with Gasteiger partial charge >= 0.3 is 0 Å². The lowest BCUT2D eigenvalue weighted by molar-refractivity contribution is -0.118. The second-order valence-electron chi connectivity index (χ2n) is 4.43. The van der Waals surface area contributed by atoms with Crippen molar-refractivity contribution in [2.24, 2.45) is 0 Å². The molecule has 0 bridgehead atoms. The van der Waals surface area contributed by atoms with E-state index < -0.39 is 11.7 Å². The van der Waals surface area contributed by atoms with Gasteiger partial charge in [0.2, 0.25) is 0 Å². The van der Waals surface area contributed by atoms with Crippen molar-refractivity contribution >= 4 is 28.9 Å². The Kier molecular flexibility index (Phi) is 4.65. The molecule has 2 rings (SSSR count). The zero-order valence-electron chi connectivity index (χ0n) is 11.3. The zero-order valence-corrected chi connectivity index (χ0v) is 12.1. The summed E-state index contributed by atoms with van der Waals surface area (Å²) in [5, 5.41) is 2.58. The number of anilines is 2. The molecule has 0 fully saturated rings. The molecule has 0 unspecified atom stereocenters. The highest BCUT2D eigenvalue weighted by atomic mass is 35.5. The number of carbonyl (C=O) groups excluding carboxylic acids is 1. The van der Waals surface area contributed by atoms with E-state index in [0.29, 0.717) is 11.4 Å². The van der Waals surface area contributed by atoms with Crippen molar-refractivity contribution in [3.05, 3.63) is 52.8 Å². The van der Waals surface area contributed by atoms with E-state index >= 15 is 0 Å². The summed E-state index contributed by atoms with van der Waals surface area (Å²) >= 11 is 5.63. The molecule has 0 saturated heterocycles. The Labute approximate surface area is 126 Å². The Balaban J connectivity index is 2.01. The van der Waals surface area contributed by atoms with Gasteiger partial charge < -0.3 is 15.8 Å². The maximum atomic E-state index is 13.6. The Morgan fingerprint density at radius 3 is 2.76 bits per heavy atom. The first-order chi connectivity index (χ1) is 9.99. The van der Waals surface area contributed by atoms with Crippen LogP contribution in [0.1, 0.15) is 5.56 Å². The molecule has 110 valence electrons. The number of aryl methyl sites for hydroxylation is 1. The fraction of sp³-hybridized carbons (Fsp3) is 0.133. The molecule has 0 aliphatic carbocycles. The predicted molar refractivity (Wildman–Crippen MR) is 81.1 cm³/mol. The number of hydrogen-bond acceptors (Lipinski definition) is 3. The second-order valence-corrected chi connectivity index (χ2v) is 4.84. The van der Waals surface area contributed by atoms with Gasteiger partial charge in [-0.05, 0) is 30.7 Å². The molecular weight excluding hydrogens is 295 g/mol. The molecule has 2 aromatic rings. The van der Waals surface area contributed by atoms with Crippen LogP contribution in [-0.4, -0.2) is 12.5 Å². The molecule has 0 atom stereocenters. The van der Waals surface area contributed by atoms with Crippen LogP contribution in [0.2, 0.25) is 5.02 Å². The number of nitrogen functional groups attached to an aromatic ring is 1. The molecule has 0 aliphatic rings. The van der Waals surface area contributed by atoms with Gasteiger partial charge in [0.25, 0.3) is 5.91 Å². The zero-order chi connectivity index (χ0) is 15.4. The highest BCUT2D eigenvalue weighted by Crippen LogP contribution is 2.25. The van der Waals surface area contributed by atoms with E-state index in [0.717, 1.165) is 5.56 Å². The lowest BCUT2D eigenvalue weighted by Gasteiger charge is -2.12. The highest BCUT2D eigenvalue weighted by molar-refractivity contribution is 6.30. The van der Waals surface area contributed by atoms with Crippen molar-refractivity contribution in [3.63, 3.8) is 0 Å². The summed E-state index contributed by atoms with van der Waals surface area (Å²) in [6.07, 6.45) is 0. The minimum absolute atomic E-state index is 0.0592. The van der Waals surface area contributed by atoms with Crippen LogP contribution in [0.25, 0.3) is 0 Å². The van der Waals surface area contributed by atoms with Crippen molar-refractivity contribution < 1.29 is 13.9 Å². The monoisotopic (exact) mass is 308 g/mol. The number of carbonyl (C=O) groups is 1. The van der Waals surface area contributed by atoms with E-state index in [-0.39, 0.29) is 17.4 Å². The first-order valence-electron chi connectivity index (χ1n) is 6.21. The number of amides is 1. The van der Waals surface area contributed by atoms with Crippen molar-refractivity contribution in [1.82, 2.24) is 0 Å². The Morgan fingerprint density at radius 1 is 1.33 bits per heavy atom. The smallest absolute Gasteiger partial charge is 0.262 e. The van der Waals surface area contributed by atoms with Gasteiger partial charge in [-0.25, -0.2) is 4.39 Å². The van der Waals surface area contributed by atoms with Crippen LogP contribution in [0, 0.1) is 12.7 Å². The van der Waals surface area contributed by atoms with E-state index in [4.69, 9.17) is 22.1 Å². The molecule has 0 radical (unpaired) electrons. The van der Waals surface area contributed by atoms with Crippen molar-refractivity contribution in [1.29, 1.82) is 0 Å². The first kappa shape index (κ1) is 15.1. The summed E-state index contributed by atoms with van der Waals surface area (Å²) < 4.78 is 18.7. The van der Waals surface area contributed by atoms with E-state index in [1.807, 2.05) is 13.0 Å². The van der Waals surface area contributed by atoms with Crippen molar-refractivity contribution in [2.45, 2.75) is 6.92 Å². The van der Waals surface area contributed by atoms with E-state index in [2.05, 4.69) is 5.32 Å². The summed E-state index contributed by atoms with van der Waals surface area (Å²) in [4.78, 5) is 11.8. The van der Waals surface area contributed by atoms with Crippen LogP contribution < -0.4 is 15.8 Å². The van der Waals surface area contributed by atoms with Crippen LogP contribution in [0.4, 0.5) is 15.8 Å². The molecule has 0 heterocycles. The van der Waals surface area contributed by atoms with E-state index in [1.165, 1.54) is 18.2 Å². The average Bonchev–Trinajstić information content (AvgIpc) is 2.45. The molecule has 4 nitrogen and oxygen atoms in total. The number of ether oxygens (including phenoxy) is 1. The van der Waals surface area contributed by atoms with Gasteiger partial charge in [0.1, 0.15) is 0 Å². The van der Waals surface area contributed by atoms with Gasteiger partial charge in [0, 0.05) is 0 Å². The van der Waals surface area contributed by atoms with Crippen molar-refractivity contribution in [2.75, 3.05) is 17.7 Å². The summed E-state index contributed by atoms with van der Waals surface area (Å²) in [6.45, 7) is 1.48. The van der Waals surface area contributed by atoms with Crippen LogP contribution in [0.5, 0.6) is 5.75 Å². The predicted octanol–water partition coefficient (Wildman–Crippen LogP) is 3.39. The molecule has 6 heteroatoms. The van der Waals surface area contributed by atoms with Crippen LogP contribution >= 0.6 is 11.6 Å². The molecule has 0 spiro atoms. The molecular formula is C15H14ClFN2O2. The largest absolute Gasteiger partial charge is 0.481 e. The van der Waals surface area contributed by atoms with Crippen LogP contribution in [0.15, 0.2) is 36.4 Å². The third-order valence-corrected chi connectivity index (χ3v) is 3.14. The first-order valence-corrected chi connectivity index (χ1v) is 6.58. The SMILES string of the molecule is Cc1cccc(N)c1NC(=O)COc1cccc(Cl)c1F. The summed E-state index contributed by atoms with van der Waals surface area (Å²) in [5.41, 5.74) is 7.60. The Hall–Kier alpha value is -2.27. The number of halogens is 2. The van der Waals surface area contributed by atoms with E-state index in [9.17, 15) is 9.18 Å². The number of nitrogens with two attached hydrogens (primary N) is 1. The third-order valence-electron chi connectivity index (χ3n) is 2.84. The van der Waals surface area contributed by atoms with Crippen LogP contribution in [0.3, 0.4) is 0 Å². The number of rotatable bonds is 4. The highest BCUT2D eigenvalue weighted by Gasteiger charge is 2.11. The lowest BCUT2D eigenvalue weighted by atomic mass is 10.1. The Bertz CT molecular complexity index is 656. The summed E-state index contributed by atoms with van der Waals surface area (Å²) in [7, 11) is 0. The maximum Gasteiger partial charge on any atom is 0.262 e. The van der Waals surface area contributed by atoms with Crippen molar-refractivity contribution in [3.8, 4) is 5.75 Å². The maximum absolute atomic E-state index is 13.6. The number of nitrogens with one attached hydrogen (secondary N) is 1. The third kappa shape index (κ3) is 3.64. The number of benzene rings is 2. The number of hydrogen-bond donors (Lipinski definition) is 2. The lowest BCUT2D eigenvalue weighted by Crippen LogP contribution is -2.21. The fourth-order valence-corrected chi connectivity index (χ4v) is 1.94. The minimum atomic E-state index is -0.692. The Morgan fingerprint density at radius 2 is 2.05 bits per heavy atom. The second kappa shape index (κ2) is 6.45. The fourth-order valence-electron chi connectivity index (χ4n) is 1.78. The van der Waals surface area contributed by atoms with Gasteiger partial charge in [-0.15, -0.1) is 0 Å². The summed E-state index contributed by atoms with van der Waals surface area (Å²) in [6, 6.07) is 9.63. The molecule has 1 amide bonds. The van der Waals surface area contributed by atoms with Crippen LogP contribution in [-0.2, 0) is 4.79 Å². The standard InChI is InChI=1S/C15H14ClFN2O2/c1-9-4-2-6-11(18)15(9)19-13(20)8-21-12-7-3-5-10(16)14(12)17/h2-7H,8,18H2,1H3,(H,19,20). The molecule has 3 N–H and O–H groups in total. The van der Waals surface area contributed by atoms with Gasteiger partial charge in [0.05, 0.1) is 16.4 Å². The number of para-hydroxylation sites is 1. The van der Waals surface area contributed by atoms with Gasteiger partial charge in [-0.3, -0.25) is 4.79 Å². The molecule has 2 aromatic carbocycles. The van der Waals surface area contributed by atoms with Gasteiger partial charge in [0.15, 0.2) is 18.2 Å².